The molecule has 7 nitrogen and oxygen atoms in total. The van der Waals surface area contributed by atoms with Crippen LogP contribution in [-0.2, 0) is 7.05 Å². The molecule has 0 unspecified atom stereocenters. The summed E-state index contributed by atoms with van der Waals surface area (Å²) in [6.07, 6.45) is 2.94. The normalized spacial score (nSPS) is 10.6. The third-order valence-corrected chi connectivity index (χ3v) is 3.00. The second-order valence-electron chi connectivity index (χ2n) is 4.47. The van der Waals surface area contributed by atoms with Gasteiger partial charge in [-0.05, 0) is 19.1 Å². The first-order valence-corrected chi connectivity index (χ1v) is 6.32. The highest BCUT2D eigenvalue weighted by molar-refractivity contribution is 6.02. The summed E-state index contributed by atoms with van der Waals surface area (Å²) < 4.78 is 6.64. The van der Waals surface area contributed by atoms with Gasteiger partial charge in [0.1, 0.15) is 11.5 Å². The van der Waals surface area contributed by atoms with Gasteiger partial charge in [-0.2, -0.15) is 5.10 Å². The Kier molecular flexibility index (Phi) is 3.23. The summed E-state index contributed by atoms with van der Waals surface area (Å²) in [5, 5.41) is 7.07. The van der Waals surface area contributed by atoms with E-state index in [1.165, 1.54) is 6.39 Å². The smallest absolute Gasteiger partial charge is 0.294 e. The molecule has 1 amide bonds. The van der Waals surface area contributed by atoms with Crippen molar-refractivity contribution in [1.29, 1.82) is 0 Å². The molecule has 1 N–H and O–H groups in total. The van der Waals surface area contributed by atoms with Crippen LogP contribution in [0.4, 0.5) is 5.82 Å². The highest BCUT2D eigenvalue weighted by Crippen LogP contribution is 2.19. The quantitative estimate of drug-likeness (QED) is 0.794. The first-order chi connectivity index (χ1) is 10.1. The molecule has 0 aliphatic carbocycles. The summed E-state index contributed by atoms with van der Waals surface area (Å²) in [6.45, 7) is 1.71. The Morgan fingerprint density at radius 1 is 1.29 bits per heavy atom. The second-order valence-corrected chi connectivity index (χ2v) is 4.47. The zero-order valence-electron chi connectivity index (χ0n) is 11.6. The van der Waals surface area contributed by atoms with E-state index in [-0.39, 0.29) is 11.7 Å². The van der Waals surface area contributed by atoms with Crippen molar-refractivity contribution in [2.75, 3.05) is 5.32 Å². The molecule has 106 valence electrons. The minimum absolute atomic E-state index is 0.190. The van der Waals surface area contributed by atoms with Crippen molar-refractivity contribution in [2.45, 2.75) is 6.92 Å². The van der Waals surface area contributed by atoms with E-state index in [1.807, 2.05) is 18.2 Å². The Morgan fingerprint density at radius 2 is 2.14 bits per heavy atom. The van der Waals surface area contributed by atoms with E-state index in [1.54, 1.807) is 30.9 Å². The number of anilines is 1. The maximum absolute atomic E-state index is 12.1. The molecule has 0 spiro atoms. The van der Waals surface area contributed by atoms with Crippen molar-refractivity contribution >= 4 is 11.7 Å². The fraction of sp³-hybridized carbons (Fsp3) is 0.143. The average molecular weight is 283 g/mol. The summed E-state index contributed by atoms with van der Waals surface area (Å²) in [5.74, 6) is 0.382. The van der Waals surface area contributed by atoms with Gasteiger partial charge in [0.2, 0.25) is 5.76 Å². The van der Waals surface area contributed by atoms with Crippen LogP contribution in [-0.4, -0.2) is 25.7 Å². The van der Waals surface area contributed by atoms with Gasteiger partial charge >= 0.3 is 0 Å². The first kappa shape index (κ1) is 13.0. The summed E-state index contributed by atoms with van der Waals surface area (Å²) in [5.41, 5.74) is 1.96. The van der Waals surface area contributed by atoms with E-state index >= 15 is 0 Å². The lowest BCUT2D eigenvalue weighted by atomic mass is 10.3. The van der Waals surface area contributed by atoms with Crippen LogP contribution < -0.4 is 5.32 Å². The van der Waals surface area contributed by atoms with Crippen LogP contribution >= 0.6 is 0 Å². The number of carbonyl (C=O) groups is 1. The molecule has 3 aromatic rings. The predicted octanol–water partition coefficient (Wildman–Crippen LogP) is 2.03. The Balaban J connectivity index is 1.86. The van der Waals surface area contributed by atoms with Gasteiger partial charge in [-0.25, -0.2) is 4.98 Å². The number of hydrogen-bond acceptors (Lipinski definition) is 5. The third kappa shape index (κ3) is 2.53. The minimum atomic E-state index is -0.361. The van der Waals surface area contributed by atoms with Crippen molar-refractivity contribution < 1.29 is 9.21 Å². The SMILES string of the molecule is Cc1ncoc1C(=O)Nc1cc(-c2ccccn2)nn1C. The highest BCUT2D eigenvalue weighted by atomic mass is 16.3. The molecule has 0 radical (unpaired) electrons. The average Bonchev–Trinajstić information content (AvgIpc) is 3.07. The van der Waals surface area contributed by atoms with Crippen LogP contribution in [0.25, 0.3) is 11.4 Å². The molecule has 3 aromatic heterocycles. The van der Waals surface area contributed by atoms with Gasteiger partial charge in [0.15, 0.2) is 6.39 Å². The van der Waals surface area contributed by atoms with Crippen molar-refractivity contribution in [3.05, 3.63) is 48.3 Å². The van der Waals surface area contributed by atoms with Crippen LogP contribution in [0, 0.1) is 6.92 Å². The number of rotatable bonds is 3. The molecule has 0 saturated carbocycles. The number of hydrogen-bond donors (Lipinski definition) is 1. The Hall–Kier alpha value is -2.96. The number of amides is 1. The van der Waals surface area contributed by atoms with E-state index in [4.69, 9.17) is 4.42 Å². The molecule has 0 aliphatic heterocycles. The number of carbonyl (C=O) groups excluding carboxylic acids is 1. The summed E-state index contributed by atoms with van der Waals surface area (Å²) in [4.78, 5) is 20.2. The molecule has 0 fully saturated rings. The van der Waals surface area contributed by atoms with Crippen LogP contribution in [0.5, 0.6) is 0 Å². The van der Waals surface area contributed by atoms with E-state index in [0.29, 0.717) is 17.2 Å². The predicted molar refractivity (Wildman–Crippen MR) is 75.6 cm³/mol. The van der Waals surface area contributed by atoms with E-state index in [9.17, 15) is 4.79 Å². The molecule has 0 bridgehead atoms. The molecule has 3 rings (SSSR count). The van der Waals surface area contributed by atoms with E-state index in [0.717, 1.165) is 5.69 Å². The van der Waals surface area contributed by atoms with E-state index in [2.05, 4.69) is 20.4 Å². The lowest BCUT2D eigenvalue weighted by molar-refractivity contribution is 0.0995. The number of nitrogens with zero attached hydrogens (tertiary/aromatic N) is 4. The minimum Gasteiger partial charge on any atom is -0.438 e. The van der Waals surface area contributed by atoms with Crippen molar-refractivity contribution in [2.24, 2.45) is 7.05 Å². The van der Waals surface area contributed by atoms with Gasteiger partial charge in [-0.1, -0.05) is 6.07 Å². The molecule has 0 aromatic carbocycles. The van der Waals surface area contributed by atoms with Gasteiger partial charge in [0.05, 0.1) is 11.4 Å². The van der Waals surface area contributed by atoms with Gasteiger partial charge in [-0.3, -0.25) is 14.5 Å². The van der Waals surface area contributed by atoms with Gasteiger partial charge in [0.25, 0.3) is 5.91 Å². The fourth-order valence-corrected chi connectivity index (χ4v) is 1.92. The Morgan fingerprint density at radius 3 is 2.81 bits per heavy atom. The molecule has 0 aliphatic rings. The highest BCUT2D eigenvalue weighted by Gasteiger charge is 2.16. The summed E-state index contributed by atoms with van der Waals surface area (Å²) in [7, 11) is 1.75. The Labute approximate surface area is 120 Å². The number of pyridine rings is 1. The monoisotopic (exact) mass is 283 g/mol. The second kappa shape index (κ2) is 5.20. The lowest BCUT2D eigenvalue weighted by Crippen LogP contribution is -2.14. The maximum atomic E-state index is 12.1. The van der Waals surface area contributed by atoms with Crippen LogP contribution in [0.1, 0.15) is 16.2 Å². The van der Waals surface area contributed by atoms with Crippen molar-refractivity contribution in [3.63, 3.8) is 0 Å². The Bertz CT molecular complexity index is 776. The topological polar surface area (TPSA) is 85.8 Å². The third-order valence-electron chi connectivity index (χ3n) is 3.00. The summed E-state index contributed by atoms with van der Waals surface area (Å²) in [6, 6.07) is 7.33. The number of oxazole rings is 1. The molecule has 21 heavy (non-hydrogen) atoms. The van der Waals surface area contributed by atoms with Crippen LogP contribution in [0.2, 0.25) is 0 Å². The van der Waals surface area contributed by atoms with Gasteiger partial charge in [0, 0.05) is 19.3 Å². The number of aromatic nitrogens is 4. The maximum Gasteiger partial charge on any atom is 0.294 e. The molecular formula is C14H13N5O2. The first-order valence-electron chi connectivity index (χ1n) is 6.32. The van der Waals surface area contributed by atoms with Gasteiger partial charge < -0.3 is 9.73 Å². The molecule has 0 atom stereocenters. The van der Waals surface area contributed by atoms with Crippen LogP contribution in [0.3, 0.4) is 0 Å². The fourth-order valence-electron chi connectivity index (χ4n) is 1.92. The molecule has 3 heterocycles. The number of aryl methyl sites for hydroxylation is 2. The molecule has 0 saturated heterocycles. The van der Waals surface area contributed by atoms with Gasteiger partial charge in [-0.15, -0.1) is 0 Å². The largest absolute Gasteiger partial charge is 0.438 e. The zero-order valence-corrected chi connectivity index (χ0v) is 11.6. The van der Waals surface area contributed by atoms with Crippen molar-refractivity contribution in [3.8, 4) is 11.4 Å². The summed E-state index contributed by atoms with van der Waals surface area (Å²) >= 11 is 0. The van der Waals surface area contributed by atoms with Crippen molar-refractivity contribution in [1.82, 2.24) is 19.7 Å². The molecule has 7 heteroatoms. The van der Waals surface area contributed by atoms with Crippen LogP contribution in [0.15, 0.2) is 41.3 Å². The standard InChI is InChI=1S/C14H13N5O2/c1-9-13(21-8-16-9)14(20)17-12-7-11(18-19(12)2)10-5-3-4-6-15-10/h3-8H,1-2H3,(H,17,20). The number of nitrogens with one attached hydrogen (secondary N) is 1. The lowest BCUT2D eigenvalue weighted by Gasteiger charge is -2.02. The zero-order chi connectivity index (χ0) is 14.8. The molecular weight excluding hydrogens is 270 g/mol. The van der Waals surface area contributed by atoms with E-state index < -0.39 is 0 Å².